The summed E-state index contributed by atoms with van der Waals surface area (Å²) in [5.41, 5.74) is 5.31. The van der Waals surface area contributed by atoms with Gasteiger partial charge in [-0.3, -0.25) is 15.1 Å². The molecule has 0 aliphatic rings. The number of carbonyl (C=O) groups is 1. The maximum absolute atomic E-state index is 12.4. The van der Waals surface area contributed by atoms with Gasteiger partial charge in [0.2, 0.25) is 16.2 Å². The van der Waals surface area contributed by atoms with E-state index >= 15 is 0 Å². The minimum Gasteiger partial charge on any atom is -0.334 e. The molecule has 3 aromatic heterocycles. The van der Waals surface area contributed by atoms with Gasteiger partial charge in [-0.25, -0.2) is 10.1 Å². The molecule has 4 aromatic rings. The molecular weight excluding hydrogens is 572 g/mol. The maximum Gasteiger partial charge on any atom is 0.264 e. The van der Waals surface area contributed by atoms with E-state index in [1.165, 1.54) is 21.6 Å². The van der Waals surface area contributed by atoms with Gasteiger partial charge < -0.3 is 5.84 Å². The summed E-state index contributed by atoms with van der Waals surface area (Å²) in [4.78, 5) is 16.6. The number of halogens is 1. The predicted octanol–water partition coefficient (Wildman–Crippen LogP) is 3.86. The van der Waals surface area contributed by atoms with Crippen LogP contribution in [0.5, 0.6) is 0 Å². The van der Waals surface area contributed by atoms with Gasteiger partial charge in [0.1, 0.15) is 0 Å². The first-order valence-corrected chi connectivity index (χ1v) is 13.6. The molecule has 35 heavy (non-hydrogen) atoms. The maximum atomic E-state index is 12.4. The second-order valence-corrected chi connectivity index (χ2v) is 10.9. The molecule has 0 saturated carbocycles. The Balaban J connectivity index is 1.25. The van der Waals surface area contributed by atoms with Crippen LogP contribution in [0.4, 0.5) is 11.1 Å². The van der Waals surface area contributed by atoms with Crippen molar-refractivity contribution in [1.29, 1.82) is 0 Å². The molecule has 0 saturated heterocycles. The van der Waals surface area contributed by atoms with Gasteiger partial charge >= 0.3 is 0 Å². The topological polar surface area (TPSA) is 149 Å². The van der Waals surface area contributed by atoms with E-state index in [4.69, 9.17) is 5.84 Å². The third-order valence-electron chi connectivity index (χ3n) is 4.26. The summed E-state index contributed by atoms with van der Waals surface area (Å²) in [6.45, 7) is 1.81. The van der Waals surface area contributed by atoms with Crippen LogP contribution < -0.4 is 16.6 Å². The minimum atomic E-state index is -0.254. The zero-order chi connectivity index (χ0) is 24.6. The van der Waals surface area contributed by atoms with Crippen molar-refractivity contribution in [3.8, 4) is 0 Å². The van der Waals surface area contributed by atoms with Crippen molar-refractivity contribution in [3.63, 3.8) is 0 Å². The number of anilines is 2. The molecule has 0 unspecified atom stereocenters. The van der Waals surface area contributed by atoms with Crippen LogP contribution in [-0.2, 0) is 10.5 Å². The summed E-state index contributed by atoms with van der Waals surface area (Å²) in [5.74, 6) is 6.84. The van der Waals surface area contributed by atoms with Gasteiger partial charge in [-0.1, -0.05) is 69.0 Å². The SMILES string of the molecule is C/C(=N\Nc1nnc(SCC(=O)Nc2nnc(SCc3cccc(Br)c3)s2)n1N)c1ccccn1. The van der Waals surface area contributed by atoms with Crippen LogP contribution in [0.25, 0.3) is 0 Å². The van der Waals surface area contributed by atoms with E-state index < -0.39 is 0 Å². The van der Waals surface area contributed by atoms with Crippen LogP contribution >= 0.6 is 50.8 Å². The number of aromatic nitrogens is 6. The molecule has 0 spiro atoms. The number of hydrogen-bond donors (Lipinski definition) is 3. The third-order valence-corrected chi connectivity index (χ3v) is 7.74. The lowest BCUT2D eigenvalue weighted by Gasteiger charge is -2.04. The first kappa shape index (κ1) is 25.1. The molecular formula is C20H19BrN10OS3. The summed E-state index contributed by atoms with van der Waals surface area (Å²) < 4.78 is 3.03. The van der Waals surface area contributed by atoms with E-state index in [-0.39, 0.29) is 17.6 Å². The van der Waals surface area contributed by atoms with Crippen molar-refractivity contribution in [2.45, 2.75) is 22.2 Å². The lowest BCUT2D eigenvalue weighted by Crippen LogP contribution is -2.17. The number of pyridine rings is 1. The number of benzene rings is 1. The molecule has 0 aliphatic heterocycles. The summed E-state index contributed by atoms with van der Waals surface area (Å²) >= 11 is 7.48. The quantitative estimate of drug-likeness (QED) is 0.0816. The fourth-order valence-corrected chi connectivity index (χ4v) is 5.41. The fourth-order valence-electron chi connectivity index (χ4n) is 2.60. The molecule has 4 rings (SSSR count). The van der Waals surface area contributed by atoms with Gasteiger partial charge in [0.05, 0.1) is 17.2 Å². The summed E-state index contributed by atoms with van der Waals surface area (Å²) in [6, 6.07) is 13.6. The normalized spacial score (nSPS) is 11.4. The Hall–Kier alpha value is -3.01. The lowest BCUT2D eigenvalue weighted by atomic mass is 10.2. The molecule has 11 nitrogen and oxygen atoms in total. The highest BCUT2D eigenvalue weighted by Gasteiger charge is 2.14. The molecule has 0 bridgehead atoms. The Kier molecular flexibility index (Phi) is 8.68. The van der Waals surface area contributed by atoms with Gasteiger partial charge in [-0.15, -0.1) is 20.4 Å². The summed E-state index contributed by atoms with van der Waals surface area (Å²) in [5, 5.41) is 23.9. The van der Waals surface area contributed by atoms with Crippen molar-refractivity contribution in [3.05, 3.63) is 64.4 Å². The van der Waals surface area contributed by atoms with Crippen molar-refractivity contribution >= 4 is 73.5 Å². The van der Waals surface area contributed by atoms with E-state index in [9.17, 15) is 4.79 Å². The van der Waals surface area contributed by atoms with Gasteiger partial charge in [0, 0.05) is 16.4 Å². The van der Waals surface area contributed by atoms with Crippen LogP contribution in [0, 0.1) is 0 Å². The predicted molar refractivity (Wildman–Crippen MR) is 143 cm³/mol. The number of nitrogen functional groups attached to an aromatic ring is 1. The summed E-state index contributed by atoms with van der Waals surface area (Å²) in [6.07, 6.45) is 1.69. The van der Waals surface area contributed by atoms with Crippen LogP contribution in [-0.4, -0.2) is 47.4 Å². The first-order chi connectivity index (χ1) is 17.0. The second-order valence-electron chi connectivity index (χ2n) is 6.83. The average Bonchev–Trinajstić information content (AvgIpc) is 3.46. The number of rotatable bonds is 10. The Bertz CT molecular complexity index is 1330. The number of hydrogen-bond acceptors (Lipinski definition) is 12. The monoisotopic (exact) mass is 590 g/mol. The number of hydrazone groups is 1. The number of nitrogens with zero attached hydrogens (tertiary/aromatic N) is 7. The molecule has 0 radical (unpaired) electrons. The van der Waals surface area contributed by atoms with Crippen molar-refractivity contribution in [1.82, 2.24) is 30.1 Å². The molecule has 180 valence electrons. The molecule has 4 N–H and O–H groups in total. The van der Waals surface area contributed by atoms with E-state index in [0.29, 0.717) is 16.0 Å². The second kappa shape index (κ2) is 12.1. The molecule has 0 atom stereocenters. The van der Waals surface area contributed by atoms with Gasteiger partial charge in [-0.2, -0.15) is 5.10 Å². The zero-order valence-electron chi connectivity index (χ0n) is 18.3. The van der Waals surface area contributed by atoms with Crippen LogP contribution in [0.2, 0.25) is 0 Å². The van der Waals surface area contributed by atoms with Crippen molar-refractivity contribution in [2.24, 2.45) is 5.10 Å². The number of nitrogens with two attached hydrogens (primary N) is 1. The van der Waals surface area contributed by atoms with E-state index in [1.807, 2.05) is 43.3 Å². The largest absolute Gasteiger partial charge is 0.334 e. The van der Waals surface area contributed by atoms with Gasteiger partial charge in [0.25, 0.3) is 5.95 Å². The number of thioether (sulfide) groups is 2. The number of carbonyl (C=O) groups excluding carboxylic acids is 1. The fraction of sp³-hybridized carbons (Fsp3) is 0.150. The van der Waals surface area contributed by atoms with Crippen LogP contribution in [0.1, 0.15) is 18.2 Å². The van der Waals surface area contributed by atoms with Gasteiger partial charge in [0.15, 0.2) is 4.34 Å². The lowest BCUT2D eigenvalue weighted by molar-refractivity contribution is -0.113. The molecule has 3 heterocycles. The highest BCUT2D eigenvalue weighted by molar-refractivity contribution is 9.10. The Morgan fingerprint density at radius 3 is 2.86 bits per heavy atom. The zero-order valence-corrected chi connectivity index (χ0v) is 22.3. The standard InChI is InChI=1S/C20H19BrN10OS3/c1-12(15-7-2-3-8-23-15)25-26-17-27-29-19(31(17)22)33-11-16(32)24-18-28-30-20(35-18)34-10-13-5-4-6-14(21)9-13/h2-9H,10-11,22H2,1H3,(H,26,27)(H,24,28,32)/b25-12+. The van der Waals surface area contributed by atoms with Crippen LogP contribution in [0.3, 0.4) is 0 Å². The van der Waals surface area contributed by atoms with Crippen LogP contribution in [0.15, 0.2) is 67.7 Å². The van der Waals surface area contributed by atoms with E-state index in [0.717, 1.165) is 32.0 Å². The Morgan fingerprint density at radius 1 is 1.17 bits per heavy atom. The van der Waals surface area contributed by atoms with Crippen molar-refractivity contribution < 1.29 is 4.79 Å². The molecule has 15 heteroatoms. The Morgan fingerprint density at radius 2 is 2.06 bits per heavy atom. The summed E-state index contributed by atoms with van der Waals surface area (Å²) in [7, 11) is 0. The minimum absolute atomic E-state index is 0.0751. The highest BCUT2D eigenvalue weighted by Crippen LogP contribution is 2.29. The smallest absolute Gasteiger partial charge is 0.264 e. The first-order valence-electron chi connectivity index (χ1n) is 10.0. The number of nitrogens with one attached hydrogen (secondary N) is 2. The highest BCUT2D eigenvalue weighted by atomic mass is 79.9. The number of amides is 1. The average molecular weight is 592 g/mol. The molecule has 1 amide bonds. The third kappa shape index (κ3) is 7.24. The Labute approximate surface area is 221 Å². The molecule has 0 fully saturated rings. The van der Waals surface area contributed by atoms with Gasteiger partial charge in [-0.05, 0) is 36.8 Å². The van der Waals surface area contributed by atoms with Crippen molar-refractivity contribution in [2.75, 3.05) is 22.3 Å². The molecule has 0 aliphatic carbocycles. The van der Waals surface area contributed by atoms with E-state index in [1.54, 1.807) is 18.0 Å². The van der Waals surface area contributed by atoms with E-state index in [2.05, 4.69) is 63.2 Å². The molecule has 1 aromatic carbocycles.